The zero-order chi connectivity index (χ0) is 10.8. The summed E-state index contributed by atoms with van der Waals surface area (Å²) in [7, 11) is 2.28. The predicted molar refractivity (Wildman–Crippen MR) is 65.0 cm³/mol. The van der Waals surface area contributed by atoms with Gasteiger partial charge in [-0.05, 0) is 58.0 Å². The van der Waals surface area contributed by atoms with E-state index in [4.69, 9.17) is 0 Å². The van der Waals surface area contributed by atoms with Crippen molar-refractivity contribution in [3.8, 4) is 0 Å². The van der Waals surface area contributed by atoms with E-state index in [9.17, 15) is 0 Å². The third kappa shape index (κ3) is 3.76. The predicted octanol–water partition coefficient (Wildman–Crippen LogP) is 2.10. The molecule has 0 heterocycles. The number of hydrogen-bond donors (Lipinski definition) is 1. The molecule has 2 heteroatoms. The Morgan fingerprint density at radius 1 is 1.40 bits per heavy atom. The molecular weight excluding hydrogens is 184 g/mol. The summed E-state index contributed by atoms with van der Waals surface area (Å²) < 4.78 is 0. The van der Waals surface area contributed by atoms with Crippen LogP contribution in [0.25, 0.3) is 0 Å². The van der Waals surface area contributed by atoms with Crippen molar-refractivity contribution in [1.29, 1.82) is 0 Å². The van der Waals surface area contributed by atoms with E-state index < -0.39 is 0 Å². The third-order valence-electron chi connectivity index (χ3n) is 4.12. The van der Waals surface area contributed by atoms with Crippen LogP contribution in [0.2, 0.25) is 0 Å². The Morgan fingerprint density at radius 2 is 2.07 bits per heavy atom. The Bertz CT molecular complexity index is 201. The summed E-state index contributed by atoms with van der Waals surface area (Å²) in [6.45, 7) is 7.25. The second-order valence-corrected chi connectivity index (χ2v) is 5.78. The van der Waals surface area contributed by atoms with Crippen LogP contribution < -0.4 is 5.32 Å². The van der Waals surface area contributed by atoms with Gasteiger partial charge in [-0.15, -0.1) is 0 Å². The first-order valence-electron chi connectivity index (χ1n) is 6.60. The lowest BCUT2D eigenvalue weighted by atomic mass is 10.2. The smallest absolute Gasteiger partial charge is 0.00760 e. The van der Waals surface area contributed by atoms with E-state index in [2.05, 4.69) is 31.1 Å². The van der Waals surface area contributed by atoms with Crippen LogP contribution in [0.15, 0.2) is 0 Å². The number of rotatable bonds is 7. The van der Waals surface area contributed by atoms with Crippen molar-refractivity contribution in [3.05, 3.63) is 0 Å². The average Bonchev–Trinajstić information content (AvgIpc) is 3.07. The molecule has 3 atom stereocenters. The average molecular weight is 210 g/mol. The maximum absolute atomic E-state index is 3.59. The fraction of sp³-hybridized carbons (Fsp3) is 1.00. The van der Waals surface area contributed by atoms with E-state index in [1.807, 2.05) is 0 Å². The number of hydrogen-bond acceptors (Lipinski definition) is 2. The van der Waals surface area contributed by atoms with Crippen LogP contribution in [0.1, 0.15) is 39.5 Å². The molecule has 2 rings (SSSR count). The molecule has 3 unspecified atom stereocenters. The van der Waals surface area contributed by atoms with Gasteiger partial charge in [0.2, 0.25) is 0 Å². The van der Waals surface area contributed by atoms with E-state index in [1.54, 1.807) is 0 Å². The van der Waals surface area contributed by atoms with Crippen molar-refractivity contribution >= 4 is 0 Å². The monoisotopic (exact) mass is 210 g/mol. The molecule has 0 radical (unpaired) electrons. The van der Waals surface area contributed by atoms with E-state index in [0.29, 0.717) is 0 Å². The van der Waals surface area contributed by atoms with Crippen molar-refractivity contribution in [2.75, 3.05) is 20.1 Å². The Hall–Kier alpha value is -0.0800. The van der Waals surface area contributed by atoms with Crippen LogP contribution in [0.3, 0.4) is 0 Å². The molecule has 0 aromatic heterocycles. The number of nitrogens with one attached hydrogen (secondary N) is 1. The van der Waals surface area contributed by atoms with Crippen LogP contribution in [-0.2, 0) is 0 Å². The van der Waals surface area contributed by atoms with Crippen molar-refractivity contribution in [2.45, 2.75) is 51.6 Å². The highest BCUT2D eigenvalue weighted by Crippen LogP contribution is 2.38. The van der Waals surface area contributed by atoms with Crippen molar-refractivity contribution in [3.63, 3.8) is 0 Å². The Morgan fingerprint density at radius 3 is 2.60 bits per heavy atom. The van der Waals surface area contributed by atoms with Gasteiger partial charge in [-0.1, -0.05) is 6.92 Å². The summed E-state index contributed by atoms with van der Waals surface area (Å²) in [6.07, 6.45) is 5.57. The van der Waals surface area contributed by atoms with Gasteiger partial charge in [0.1, 0.15) is 0 Å². The molecule has 2 saturated carbocycles. The molecule has 88 valence electrons. The minimum absolute atomic E-state index is 0.740. The highest BCUT2D eigenvalue weighted by Gasteiger charge is 2.33. The van der Waals surface area contributed by atoms with E-state index in [0.717, 1.165) is 23.9 Å². The first-order valence-corrected chi connectivity index (χ1v) is 6.60. The lowest BCUT2D eigenvalue weighted by molar-refractivity contribution is 0.232. The molecule has 1 N–H and O–H groups in total. The SMILES string of the molecule is CC1CC1CN(C)C(C)CCNC1CC1. The lowest BCUT2D eigenvalue weighted by Crippen LogP contribution is -2.34. The summed E-state index contributed by atoms with van der Waals surface area (Å²) in [5, 5.41) is 3.59. The number of nitrogens with zero attached hydrogens (tertiary/aromatic N) is 1. The van der Waals surface area contributed by atoms with Gasteiger partial charge in [-0.25, -0.2) is 0 Å². The summed E-state index contributed by atoms with van der Waals surface area (Å²) >= 11 is 0. The van der Waals surface area contributed by atoms with Gasteiger partial charge < -0.3 is 10.2 Å². The van der Waals surface area contributed by atoms with Crippen LogP contribution in [0, 0.1) is 11.8 Å². The molecule has 2 aliphatic rings. The largest absolute Gasteiger partial charge is 0.314 e. The first kappa shape index (κ1) is 11.4. The van der Waals surface area contributed by atoms with Crippen molar-refractivity contribution in [1.82, 2.24) is 10.2 Å². The molecule has 2 aliphatic carbocycles. The minimum atomic E-state index is 0.740. The summed E-state index contributed by atoms with van der Waals surface area (Å²) in [5.74, 6) is 1.98. The molecule has 0 aromatic carbocycles. The maximum atomic E-state index is 3.59. The highest BCUT2D eigenvalue weighted by atomic mass is 15.1. The standard InChI is InChI=1S/C13H26N2/c1-10-8-12(10)9-15(3)11(2)6-7-14-13-4-5-13/h10-14H,4-9H2,1-3H3. The molecule has 2 fully saturated rings. The van der Waals surface area contributed by atoms with Gasteiger partial charge in [-0.3, -0.25) is 0 Å². The molecule has 15 heavy (non-hydrogen) atoms. The Kier molecular flexibility index (Phi) is 3.68. The minimum Gasteiger partial charge on any atom is -0.314 e. The van der Waals surface area contributed by atoms with E-state index in [-0.39, 0.29) is 0 Å². The van der Waals surface area contributed by atoms with E-state index in [1.165, 1.54) is 38.8 Å². The van der Waals surface area contributed by atoms with Crippen molar-refractivity contribution < 1.29 is 0 Å². The first-order chi connectivity index (χ1) is 7.16. The van der Waals surface area contributed by atoms with Gasteiger partial charge >= 0.3 is 0 Å². The second kappa shape index (κ2) is 4.84. The summed E-state index contributed by atoms with van der Waals surface area (Å²) in [6, 6.07) is 1.61. The van der Waals surface area contributed by atoms with Gasteiger partial charge in [0.25, 0.3) is 0 Å². The lowest BCUT2D eigenvalue weighted by Gasteiger charge is -2.24. The quantitative estimate of drug-likeness (QED) is 0.692. The Labute approximate surface area is 94.4 Å². The van der Waals surface area contributed by atoms with Gasteiger partial charge in [-0.2, -0.15) is 0 Å². The Balaban J connectivity index is 1.54. The molecule has 0 bridgehead atoms. The zero-order valence-corrected chi connectivity index (χ0v) is 10.5. The topological polar surface area (TPSA) is 15.3 Å². The fourth-order valence-electron chi connectivity index (χ4n) is 2.21. The van der Waals surface area contributed by atoms with Crippen LogP contribution in [-0.4, -0.2) is 37.1 Å². The van der Waals surface area contributed by atoms with Gasteiger partial charge in [0, 0.05) is 18.6 Å². The fourth-order valence-corrected chi connectivity index (χ4v) is 2.21. The maximum Gasteiger partial charge on any atom is 0.00760 e. The summed E-state index contributed by atoms with van der Waals surface area (Å²) in [4.78, 5) is 2.54. The molecular formula is C13H26N2. The van der Waals surface area contributed by atoms with E-state index >= 15 is 0 Å². The molecule has 0 amide bonds. The highest BCUT2D eigenvalue weighted by molar-refractivity contribution is 4.86. The molecule has 0 saturated heterocycles. The van der Waals surface area contributed by atoms with Crippen LogP contribution >= 0.6 is 0 Å². The molecule has 0 aromatic rings. The molecule has 0 spiro atoms. The molecule has 2 nitrogen and oxygen atoms in total. The second-order valence-electron chi connectivity index (χ2n) is 5.78. The summed E-state index contributed by atoms with van der Waals surface area (Å²) in [5.41, 5.74) is 0. The van der Waals surface area contributed by atoms with Crippen LogP contribution in [0.4, 0.5) is 0 Å². The van der Waals surface area contributed by atoms with Gasteiger partial charge in [0.15, 0.2) is 0 Å². The van der Waals surface area contributed by atoms with Crippen molar-refractivity contribution in [2.24, 2.45) is 11.8 Å². The van der Waals surface area contributed by atoms with Gasteiger partial charge in [0.05, 0.1) is 0 Å². The zero-order valence-electron chi connectivity index (χ0n) is 10.5. The molecule has 0 aliphatic heterocycles. The normalized spacial score (nSPS) is 32.0. The third-order valence-corrected chi connectivity index (χ3v) is 4.12. The van der Waals surface area contributed by atoms with Crippen LogP contribution in [0.5, 0.6) is 0 Å².